The number of pyridine rings is 1. The first kappa shape index (κ1) is 15.2. The van der Waals surface area contributed by atoms with E-state index in [1.54, 1.807) is 13.8 Å². The van der Waals surface area contributed by atoms with Crippen LogP contribution in [0.1, 0.15) is 13.8 Å². The van der Waals surface area contributed by atoms with Crippen LogP contribution in [0.15, 0.2) is 42.9 Å². The Kier molecular flexibility index (Phi) is 4.37. The molecule has 0 aromatic carbocycles. The number of carbonyl (C=O) groups is 1. The van der Waals surface area contributed by atoms with Crippen molar-refractivity contribution in [2.24, 2.45) is 5.41 Å². The monoisotopic (exact) mass is 292 g/mol. The highest BCUT2D eigenvalue weighted by molar-refractivity contribution is 5.77. The van der Waals surface area contributed by atoms with Crippen molar-refractivity contribution in [3.63, 3.8) is 0 Å². The maximum Gasteiger partial charge on any atom is 0.341 e. The van der Waals surface area contributed by atoms with Crippen molar-refractivity contribution in [1.82, 2.24) is 9.55 Å². The molecule has 1 N–H and O–H groups in total. The van der Waals surface area contributed by atoms with Crippen molar-refractivity contribution in [1.29, 1.82) is 0 Å². The fourth-order valence-corrected chi connectivity index (χ4v) is 1.95. The maximum atomic E-state index is 12.7. The van der Waals surface area contributed by atoms with Gasteiger partial charge in [0.15, 0.2) is 6.10 Å². The molecule has 2 aromatic rings. The summed E-state index contributed by atoms with van der Waals surface area (Å²) in [5, 5.41) is 10.2. The van der Waals surface area contributed by atoms with E-state index in [1.807, 2.05) is 29.1 Å². The third kappa shape index (κ3) is 3.88. The molecule has 1 unspecified atom stereocenters. The molecule has 2 rings (SSSR count). The highest BCUT2D eigenvalue weighted by Crippen LogP contribution is 2.25. The van der Waals surface area contributed by atoms with Crippen LogP contribution < -0.4 is 4.74 Å². The van der Waals surface area contributed by atoms with Crippen LogP contribution in [-0.4, -0.2) is 26.7 Å². The van der Waals surface area contributed by atoms with Crippen molar-refractivity contribution >= 4 is 5.97 Å². The topological polar surface area (TPSA) is 64.4 Å². The predicted octanol–water partition coefficient (Wildman–Crippen LogP) is 2.01. The minimum atomic E-state index is -1.31. The molecule has 2 aromatic heterocycles. The quantitative estimate of drug-likeness (QED) is 0.676. The lowest BCUT2D eigenvalue weighted by Crippen LogP contribution is -2.41. The Bertz CT molecular complexity index is 594. The largest absolute Gasteiger partial charge is 0.423 e. The van der Waals surface area contributed by atoms with Crippen LogP contribution in [-0.2, 0) is 11.3 Å². The molecule has 0 saturated carbocycles. The molecule has 0 spiro atoms. The number of rotatable bonds is 5. The molecule has 6 heteroatoms. The zero-order valence-corrected chi connectivity index (χ0v) is 11.9. The predicted molar refractivity (Wildman–Crippen MR) is 74.0 cm³/mol. The molecule has 0 fully saturated rings. The minimum Gasteiger partial charge on any atom is -0.423 e. The lowest BCUT2D eigenvalue weighted by atomic mass is 9.86. The standard InChI is InChI=1S/C15H17FN2O3/c1-15(2,10-18-7-3-4-8-18)13(19)14(20)21-11-5-6-12(16)17-9-11/h3-9,13,19H,10H2,1-2H3. The SMILES string of the molecule is CC(C)(Cn1cccc1)C(O)C(=O)Oc1ccc(F)nc1. The Labute approximate surface area is 122 Å². The second-order valence-corrected chi connectivity index (χ2v) is 5.48. The molecule has 0 aliphatic rings. The lowest BCUT2D eigenvalue weighted by molar-refractivity contribution is -0.150. The summed E-state index contributed by atoms with van der Waals surface area (Å²) in [6.07, 6.45) is 3.48. The van der Waals surface area contributed by atoms with Gasteiger partial charge in [-0.15, -0.1) is 0 Å². The van der Waals surface area contributed by atoms with Gasteiger partial charge in [-0.25, -0.2) is 9.78 Å². The zero-order chi connectivity index (χ0) is 15.5. The average molecular weight is 292 g/mol. The molecule has 0 aliphatic heterocycles. The van der Waals surface area contributed by atoms with Crippen molar-refractivity contribution in [3.8, 4) is 5.75 Å². The third-order valence-corrected chi connectivity index (χ3v) is 3.14. The Morgan fingerprint density at radius 3 is 2.67 bits per heavy atom. The fourth-order valence-electron chi connectivity index (χ4n) is 1.95. The second kappa shape index (κ2) is 6.05. The third-order valence-electron chi connectivity index (χ3n) is 3.14. The number of nitrogens with zero attached hydrogens (tertiary/aromatic N) is 2. The highest BCUT2D eigenvalue weighted by atomic mass is 19.1. The van der Waals surface area contributed by atoms with Crippen LogP contribution in [0.3, 0.4) is 0 Å². The number of esters is 1. The number of halogens is 1. The average Bonchev–Trinajstić information content (AvgIpc) is 2.92. The van der Waals surface area contributed by atoms with Gasteiger partial charge in [-0.1, -0.05) is 13.8 Å². The summed E-state index contributed by atoms with van der Waals surface area (Å²) in [5.74, 6) is -1.36. The Morgan fingerprint density at radius 1 is 1.43 bits per heavy atom. The summed E-state index contributed by atoms with van der Waals surface area (Å²) in [7, 11) is 0. The van der Waals surface area contributed by atoms with Gasteiger partial charge >= 0.3 is 5.97 Å². The summed E-state index contributed by atoms with van der Waals surface area (Å²) in [4.78, 5) is 15.4. The van der Waals surface area contributed by atoms with Crippen molar-refractivity contribution in [3.05, 3.63) is 48.8 Å². The van der Waals surface area contributed by atoms with Crippen LogP contribution in [0.4, 0.5) is 4.39 Å². The first-order valence-electron chi connectivity index (χ1n) is 6.50. The van der Waals surface area contributed by atoms with Gasteiger partial charge in [-0.05, 0) is 24.3 Å². The van der Waals surface area contributed by atoms with Crippen LogP contribution in [0.5, 0.6) is 5.75 Å². The smallest absolute Gasteiger partial charge is 0.341 e. The number of ether oxygens (including phenoxy) is 1. The van der Waals surface area contributed by atoms with Crippen LogP contribution in [0, 0.1) is 11.4 Å². The normalized spacial score (nSPS) is 13.0. The Morgan fingerprint density at radius 2 is 2.10 bits per heavy atom. The molecular weight excluding hydrogens is 275 g/mol. The van der Waals surface area contributed by atoms with Gasteiger partial charge in [0.05, 0.1) is 6.20 Å². The van der Waals surface area contributed by atoms with Gasteiger partial charge in [0.2, 0.25) is 5.95 Å². The highest BCUT2D eigenvalue weighted by Gasteiger charge is 2.35. The maximum absolute atomic E-state index is 12.7. The van der Waals surface area contributed by atoms with E-state index in [-0.39, 0.29) is 5.75 Å². The summed E-state index contributed by atoms with van der Waals surface area (Å²) >= 11 is 0. The van der Waals surface area contributed by atoms with E-state index in [4.69, 9.17) is 4.74 Å². The van der Waals surface area contributed by atoms with Crippen molar-refractivity contribution in [2.75, 3.05) is 0 Å². The summed E-state index contributed by atoms with van der Waals surface area (Å²) in [6, 6.07) is 6.10. The second-order valence-electron chi connectivity index (χ2n) is 5.48. The van der Waals surface area contributed by atoms with Gasteiger partial charge in [-0.2, -0.15) is 4.39 Å². The molecule has 0 aliphatic carbocycles. The van der Waals surface area contributed by atoms with E-state index in [0.717, 1.165) is 12.3 Å². The van der Waals surface area contributed by atoms with Crippen LogP contribution >= 0.6 is 0 Å². The van der Waals surface area contributed by atoms with Gasteiger partial charge in [0.25, 0.3) is 0 Å². The zero-order valence-electron chi connectivity index (χ0n) is 11.9. The van der Waals surface area contributed by atoms with Gasteiger partial charge in [-0.3, -0.25) is 0 Å². The number of aliphatic hydroxyl groups is 1. The Hall–Kier alpha value is -2.21. The first-order chi connectivity index (χ1) is 9.88. The van der Waals surface area contributed by atoms with Crippen molar-refractivity contribution < 1.29 is 19.0 Å². The number of aromatic nitrogens is 2. The fraction of sp³-hybridized carbons (Fsp3) is 0.333. The van der Waals surface area contributed by atoms with E-state index in [2.05, 4.69) is 4.98 Å². The minimum absolute atomic E-state index is 0.0946. The van der Waals surface area contributed by atoms with E-state index in [1.165, 1.54) is 6.07 Å². The van der Waals surface area contributed by atoms with E-state index in [9.17, 15) is 14.3 Å². The first-order valence-corrected chi connectivity index (χ1v) is 6.50. The number of hydrogen-bond donors (Lipinski definition) is 1. The van der Waals surface area contributed by atoms with Gasteiger partial charge in [0.1, 0.15) is 5.75 Å². The molecule has 0 saturated heterocycles. The van der Waals surface area contributed by atoms with E-state index < -0.39 is 23.4 Å². The summed E-state index contributed by atoms with van der Waals surface area (Å²) < 4.78 is 19.6. The van der Waals surface area contributed by atoms with Crippen molar-refractivity contribution in [2.45, 2.75) is 26.5 Å². The summed E-state index contributed by atoms with van der Waals surface area (Å²) in [5.41, 5.74) is -0.719. The Balaban J connectivity index is 2.02. The molecule has 2 heterocycles. The number of carbonyl (C=O) groups excluding carboxylic acids is 1. The summed E-state index contributed by atoms with van der Waals surface area (Å²) in [6.45, 7) is 3.99. The molecule has 0 bridgehead atoms. The molecule has 0 radical (unpaired) electrons. The van der Waals surface area contributed by atoms with Gasteiger partial charge in [0, 0.05) is 24.4 Å². The van der Waals surface area contributed by atoms with E-state index in [0.29, 0.717) is 6.54 Å². The molecule has 21 heavy (non-hydrogen) atoms. The molecular formula is C15H17FN2O3. The number of hydrogen-bond acceptors (Lipinski definition) is 4. The molecule has 5 nitrogen and oxygen atoms in total. The molecule has 0 amide bonds. The van der Waals surface area contributed by atoms with E-state index >= 15 is 0 Å². The number of aliphatic hydroxyl groups excluding tert-OH is 1. The van der Waals surface area contributed by atoms with Crippen LogP contribution in [0.2, 0.25) is 0 Å². The molecule has 112 valence electrons. The van der Waals surface area contributed by atoms with Crippen LogP contribution in [0.25, 0.3) is 0 Å². The molecule has 1 atom stereocenters. The van der Waals surface area contributed by atoms with Gasteiger partial charge < -0.3 is 14.4 Å². The lowest BCUT2D eigenvalue weighted by Gasteiger charge is -2.29.